The fraction of sp³-hybridized carbons (Fsp3) is 0.432. The molecule has 57 heavy (non-hydrogen) atoms. The summed E-state index contributed by atoms with van der Waals surface area (Å²) >= 11 is 0. The number of benzene rings is 3. The highest BCUT2D eigenvalue weighted by Gasteiger charge is 2.38. The molecule has 4 N–H and O–H groups in total. The largest absolute Gasteiger partial charge is 0.453 e. The molecule has 3 amide bonds. The van der Waals surface area contributed by atoms with E-state index in [4.69, 9.17) is 19.4 Å². The average Bonchev–Trinajstić information content (AvgIpc) is 4.05. The van der Waals surface area contributed by atoms with Gasteiger partial charge in [-0.3, -0.25) is 14.9 Å². The van der Waals surface area contributed by atoms with Crippen LogP contribution >= 0.6 is 0 Å². The second kappa shape index (κ2) is 17.2. The van der Waals surface area contributed by atoms with E-state index in [9.17, 15) is 14.4 Å². The van der Waals surface area contributed by atoms with E-state index < -0.39 is 12.1 Å². The number of aromatic nitrogens is 4. The van der Waals surface area contributed by atoms with Crippen LogP contribution in [0, 0.1) is 23.7 Å². The Bertz CT molecular complexity index is 2300. The number of hydrogen-bond donors (Lipinski definition) is 4. The molecule has 0 bridgehead atoms. The highest BCUT2D eigenvalue weighted by atomic mass is 16.5. The first-order valence-electron chi connectivity index (χ1n) is 19.8. The third-order valence-corrected chi connectivity index (χ3v) is 11.1. The molecule has 13 heteroatoms. The predicted molar refractivity (Wildman–Crippen MR) is 219 cm³/mol. The summed E-state index contributed by atoms with van der Waals surface area (Å²) < 4.78 is 9.96. The third-order valence-electron chi connectivity index (χ3n) is 11.1. The van der Waals surface area contributed by atoms with Crippen molar-refractivity contribution in [1.82, 2.24) is 40.4 Å². The maximum Gasteiger partial charge on any atom is 0.407 e. The highest BCUT2D eigenvalue weighted by Crippen LogP contribution is 2.35. The number of alkyl carbamates (subject to hydrolysis) is 1. The molecule has 0 unspecified atom stereocenters. The Hall–Kier alpha value is -5.71. The number of fused-ring (bicyclic) bond motifs is 3. The summed E-state index contributed by atoms with van der Waals surface area (Å²) in [5.41, 5.74) is 5.41. The number of hydrogen-bond acceptors (Lipinski definition) is 8. The lowest BCUT2D eigenvalue weighted by Crippen LogP contribution is -2.51. The number of ether oxygens (including phenoxy) is 2. The van der Waals surface area contributed by atoms with E-state index in [1.54, 1.807) is 7.11 Å². The van der Waals surface area contributed by atoms with Gasteiger partial charge in [-0.15, -0.1) is 0 Å². The van der Waals surface area contributed by atoms with Crippen LogP contribution in [-0.2, 0) is 19.1 Å². The van der Waals surface area contributed by atoms with E-state index in [0.29, 0.717) is 19.8 Å². The van der Waals surface area contributed by atoms with Crippen molar-refractivity contribution < 1.29 is 23.9 Å². The summed E-state index contributed by atoms with van der Waals surface area (Å²) in [5.74, 6) is 8.13. The van der Waals surface area contributed by atoms with E-state index in [1.165, 1.54) is 7.11 Å². The van der Waals surface area contributed by atoms with Crippen LogP contribution in [0.15, 0.2) is 60.8 Å². The first-order valence-corrected chi connectivity index (χ1v) is 19.8. The van der Waals surface area contributed by atoms with Crippen molar-refractivity contribution in [2.75, 3.05) is 34.0 Å². The number of carbonyl (C=O) groups is 3. The van der Waals surface area contributed by atoms with Gasteiger partial charge in [-0.2, -0.15) is 0 Å². The predicted octanol–water partition coefficient (Wildman–Crippen LogP) is 6.43. The number of nitrogens with one attached hydrogen (secondary N) is 4. The molecule has 2 saturated heterocycles. The Labute approximate surface area is 333 Å². The molecular formula is C44H52N8O5. The lowest BCUT2D eigenvalue weighted by Gasteiger charge is -2.30. The van der Waals surface area contributed by atoms with Gasteiger partial charge in [0, 0.05) is 36.7 Å². The van der Waals surface area contributed by atoms with Gasteiger partial charge < -0.3 is 34.6 Å². The van der Waals surface area contributed by atoms with Crippen molar-refractivity contribution in [3.05, 3.63) is 83.6 Å². The monoisotopic (exact) mass is 772 g/mol. The van der Waals surface area contributed by atoms with Crippen LogP contribution < -0.4 is 10.6 Å². The fourth-order valence-electron chi connectivity index (χ4n) is 8.05. The number of nitrogens with zero attached hydrogens (tertiary/aromatic N) is 4. The van der Waals surface area contributed by atoms with Crippen molar-refractivity contribution in [3.63, 3.8) is 0 Å². The Morgan fingerprint density at radius 1 is 0.825 bits per heavy atom. The Morgan fingerprint density at radius 3 is 2.14 bits per heavy atom. The SMILES string of the molecule is COCN[C@H](C(=O)N1CCC[C@H]1c1ncc(-c2ccc(C#Cc3ccc4c(ccc5[nH]c([C@@H]6CCCN6C(=O)[C@@H](NC(=O)OC)C(C)C)nc54)c3)cc2)[nH]1)C(C)C. The second-order valence-corrected chi connectivity index (χ2v) is 15.6. The van der Waals surface area contributed by atoms with E-state index in [1.807, 2.05) is 80.1 Å². The molecule has 3 aromatic carbocycles. The molecule has 4 atom stereocenters. The zero-order chi connectivity index (χ0) is 40.2. The summed E-state index contributed by atoms with van der Waals surface area (Å²) in [5, 5.41) is 7.96. The van der Waals surface area contributed by atoms with Gasteiger partial charge in [0.1, 0.15) is 17.7 Å². The molecule has 0 aliphatic carbocycles. The van der Waals surface area contributed by atoms with Gasteiger partial charge in [0.2, 0.25) is 11.8 Å². The number of H-pyrrole nitrogens is 2. The smallest absolute Gasteiger partial charge is 0.407 e. The molecule has 0 radical (unpaired) electrons. The van der Waals surface area contributed by atoms with Crippen molar-refractivity contribution in [3.8, 4) is 23.1 Å². The molecule has 2 aliphatic heterocycles. The average molecular weight is 773 g/mol. The highest BCUT2D eigenvalue weighted by molar-refractivity contribution is 6.04. The number of likely N-dealkylation sites (tertiary alicyclic amines) is 2. The van der Waals surface area contributed by atoms with Gasteiger partial charge in [0.15, 0.2) is 0 Å². The minimum Gasteiger partial charge on any atom is -0.453 e. The van der Waals surface area contributed by atoms with Crippen molar-refractivity contribution >= 4 is 39.7 Å². The Morgan fingerprint density at radius 2 is 1.47 bits per heavy atom. The minimum atomic E-state index is -0.689. The fourth-order valence-corrected chi connectivity index (χ4v) is 8.05. The molecule has 298 valence electrons. The second-order valence-electron chi connectivity index (χ2n) is 15.6. The van der Waals surface area contributed by atoms with Crippen LogP contribution in [0.2, 0.25) is 0 Å². The minimum absolute atomic E-state index is 0.0780. The summed E-state index contributed by atoms with van der Waals surface area (Å²) in [4.78, 5) is 59.6. The molecule has 7 rings (SSSR count). The lowest BCUT2D eigenvalue weighted by atomic mass is 10.0. The van der Waals surface area contributed by atoms with Gasteiger partial charge in [0.25, 0.3) is 0 Å². The number of methoxy groups -OCH3 is 2. The molecule has 13 nitrogen and oxygen atoms in total. The standard InChI is InChI=1S/C44H52N8O5/c1-26(2)37(46-25-56-5)42(53)51-21-7-9-35(51)40-45-24-34(48-40)30-16-13-28(14-17-30)11-12-29-15-19-32-31(23-29)18-20-33-39(32)49-41(47-33)36-10-8-22-52(36)43(54)38(27(3)4)50-44(55)57-6/h13-20,23-24,26-27,35-38,46H,7-10,21-22,25H2,1-6H3,(H,45,48)(H,47,49)(H,50,55)/t35-,36-,37-,38-/m0/s1. The van der Waals surface area contributed by atoms with Gasteiger partial charge >= 0.3 is 6.09 Å². The first kappa shape index (κ1) is 39.5. The molecule has 2 aliphatic rings. The van der Waals surface area contributed by atoms with E-state index >= 15 is 0 Å². The summed E-state index contributed by atoms with van der Waals surface area (Å²) in [7, 11) is 2.91. The molecule has 5 aromatic rings. The van der Waals surface area contributed by atoms with Crippen molar-refractivity contribution in [2.24, 2.45) is 11.8 Å². The maximum atomic E-state index is 13.6. The van der Waals surface area contributed by atoms with Crippen molar-refractivity contribution in [1.29, 1.82) is 0 Å². The quantitative estimate of drug-likeness (QED) is 0.0884. The lowest BCUT2D eigenvalue weighted by molar-refractivity contribution is -0.136. The number of aromatic amines is 2. The molecule has 4 heterocycles. The number of imidazole rings is 2. The molecule has 2 aromatic heterocycles. The summed E-state index contributed by atoms with van der Waals surface area (Å²) in [6, 6.07) is 17.0. The normalized spacial score (nSPS) is 18.0. The molecule has 0 saturated carbocycles. The van der Waals surface area contributed by atoms with Crippen LogP contribution in [0.1, 0.15) is 88.2 Å². The Balaban J connectivity index is 1.04. The molecule has 0 spiro atoms. The topological polar surface area (TPSA) is 158 Å². The van der Waals surface area contributed by atoms with Gasteiger partial charge in [0.05, 0.1) is 54.9 Å². The van der Waals surface area contributed by atoms with Crippen LogP contribution in [0.5, 0.6) is 0 Å². The van der Waals surface area contributed by atoms with Gasteiger partial charge in [-0.25, -0.2) is 14.8 Å². The zero-order valence-electron chi connectivity index (χ0n) is 33.5. The summed E-state index contributed by atoms with van der Waals surface area (Å²) in [6.07, 6.45) is 4.65. The van der Waals surface area contributed by atoms with E-state index in [-0.39, 0.29) is 41.8 Å². The maximum absolute atomic E-state index is 13.6. The molecular weight excluding hydrogens is 721 g/mol. The third kappa shape index (κ3) is 8.38. The van der Waals surface area contributed by atoms with Crippen LogP contribution in [0.4, 0.5) is 4.79 Å². The zero-order valence-corrected chi connectivity index (χ0v) is 33.5. The number of carbonyl (C=O) groups excluding carboxylic acids is 3. The van der Waals surface area contributed by atoms with E-state index in [2.05, 4.69) is 50.6 Å². The molecule has 2 fully saturated rings. The van der Waals surface area contributed by atoms with Crippen LogP contribution in [0.25, 0.3) is 33.1 Å². The van der Waals surface area contributed by atoms with Crippen LogP contribution in [-0.4, -0.2) is 93.8 Å². The van der Waals surface area contributed by atoms with Crippen molar-refractivity contribution in [2.45, 2.75) is 77.5 Å². The first-order chi connectivity index (χ1) is 27.6. The number of amides is 3. The Kier molecular flexibility index (Phi) is 11.9. The van der Waals surface area contributed by atoms with Gasteiger partial charge in [-0.1, -0.05) is 63.8 Å². The van der Waals surface area contributed by atoms with E-state index in [0.717, 1.165) is 81.5 Å². The van der Waals surface area contributed by atoms with Gasteiger partial charge in [-0.05, 0) is 78.8 Å². The summed E-state index contributed by atoms with van der Waals surface area (Å²) in [6.45, 7) is 9.53. The number of rotatable bonds is 11. The van der Waals surface area contributed by atoms with Crippen LogP contribution in [0.3, 0.4) is 0 Å².